The highest BCUT2D eigenvalue weighted by Gasteiger charge is 2.13. The number of ether oxygens (including phenoxy) is 1. The number of hydrogen-bond donors (Lipinski definition) is 1. The van der Waals surface area contributed by atoms with Crippen LogP contribution in [0.15, 0.2) is 77.3 Å². The molecule has 7 heteroatoms. The Morgan fingerprint density at radius 2 is 2.00 bits per heavy atom. The maximum atomic E-state index is 12.2. The summed E-state index contributed by atoms with van der Waals surface area (Å²) in [7, 11) is 0. The molecule has 31 heavy (non-hydrogen) atoms. The molecule has 5 rings (SSSR count). The van der Waals surface area contributed by atoms with Crippen molar-refractivity contribution in [3.05, 3.63) is 84.1 Å². The topological polar surface area (TPSA) is 81.7 Å². The van der Waals surface area contributed by atoms with E-state index in [4.69, 9.17) is 9.15 Å². The molecule has 0 aliphatic carbocycles. The van der Waals surface area contributed by atoms with E-state index in [1.807, 2.05) is 61.5 Å². The van der Waals surface area contributed by atoms with Crippen molar-refractivity contribution in [3.8, 4) is 17.3 Å². The fourth-order valence-electron chi connectivity index (χ4n) is 3.42. The third-order valence-electron chi connectivity index (χ3n) is 4.93. The lowest BCUT2D eigenvalue weighted by molar-refractivity contribution is 0.0946. The summed E-state index contributed by atoms with van der Waals surface area (Å²) < 4.78 is 13.4. The summed E-state index contributed by atoms with van der Waals surface area (Å²) in [5.74, 6) is 0.994. The van der Waals surface area contributed by atoms with Crippen molar-refractivity contribution < 1.29 is 13.9 Å². The van der Waals surface area contributed by atoms with Gasteiger partial charge in [0.05, 0.1) is 12.7 Å². The normalized spacial score (nSPS) is 11.1. The lowest BCUT2D eigenvalue weighted by Crippen LogP contribution is -2.28. The molecule has 7 nitrogen and oxygen atoms in total. The first-order chi connectivity index (χ1) is 15.2. The van der Waals surface area contributed by atoms with Crippen LogP contribution in [-0.2, 0) is 0 Å². The molecule has 2 aromatic carbocycles. The molecule has 0 aliphatic heterocycles. The van der Waals surface area contributed by atoms with Crippen molar-refractivity contribution in [2.75, 3.05) is 13.2 Å². The molecule has 0 saturated carbocycles. The van der Waals surface area contributed by atoms with Crippen molar-refractivity contribution in [1.29, 1.82) is 0 Å². The van der Waals surface area contributed by atoms with E-state index >= 15 is 0 Å². The van der Waals surface area contributed by atoms with Gasteiger partial charge in [-0.05, 0) is 37.3 Å². The third-order valence-corrected chi connectivity index (χ3v) is 4.93. The molecule has 5 aromatic rings. The average Bonchev–Trinajstić information content (AvgIpc) is 3.40. The van der Waals surface area contributed by atoms with Crippen molar-refractivity contribution in [2.24, 2.45) is 0 Å². The molecular weight excluding hydrogens is 392 g/mol. The van der Waals surface area contributed by atoms with Crippen LogP contribution in [0.1, 0.15) is 15.9 Å². The molecule has 3 aromatic heterocycles. The Bertz CT molecular complexity index is 1350. The van der Waals surface area contributed by atoms with E-state index < -0.39 is 0 Å². The van der Waals surface area contributed by atoms with Crippen molar-refractivity contribution in [3.63, 3.8) is 0 Å². The largest absolute Gasteiger partial charge is 0.475 e. The molecule has 0 unspecified atom stereocenters. The SMILES string of the molecule is Cc1cccc(C(=O)NCCOc2ccc3ncc(-c4cc5ccccc5o4)n3n2)c1. The minimum atomic E-state index is -0.127. The van der Waals surface area contributed by atoms with Gasteiger partial charge in [0, 0.05) is 17.0 Å². The summed E-state index contributed by atoms with van der Waals surface area (Å²) in [4.78, 5) is 16.6. The molecule has 0 saturated heterocycles. The van der Waals surface area contributed by atoms with Crippen LogP contribution in [0.2, 0.25) is 0 Å². The molecule has 0 radical (unpaired) electrons. The summed E-state index contributed by atoms with van der Waals surface area (Å²) in [6, 6.07) is 20.9. The smallest absolute Gasteiger partial charge is 0.251 e. The van der Waals surface area contributed by atoms with Crippen molar-refractivity contribution in [1.82, 2.24) is 19.9 Å². The van der Waals surface area contributed by atoms with Crippen LogP contribution in [0.3, 0.4) is 0 Å². The zero-order valence-electron chi connectivity index (χ0n) is 16.9. The molecule has 0 atom stereocenters. The standard InChI is InChI=1S/C24H20N4O3/c1-16-5-4-7-18(13-16)24(29)25-11-12-30-23-10-9-22-26-15-19(28(22)27-23)21-14-17-6-2-3-8-20(17)31-21/h2-10,13-15H,11-12H2,1H3,(H,25,29). The first-order valence-electron chi connectivity index (χ1n) is 9.99. The number of aryl methyl sites for hydroxylation is 1. The molecular formula is C24H20N4O3. The van der Waals surface area contributed by atoms with E-state index in [9.17, 15) is 4.79 Å². The van der Waals surface area contributed by atoms with Crippen LogP contribution in [0.25, 0.3) is 28.1 Å². The number of benzene rings is 2. The van der Waals surface area contributed by atoms with E-state index in [0.29, 0.717) is 36.0 Å². The number of rotatable bonds is 6. The highest BCUT2D eigenvalue weighted by Crippen LogP contribution is 2.28. The summed E-state index contributed by atoms with van der Waals surface area (Å²) in [6.07, 6.45) is 1.73. The number of carbonyl (C=O) groups excluding carboxylic acids is 1. The van der Waals surface area contributed by atoms with Gasteiger partial charge in [-0.25, -0.2) is 9.50 Å². The number of amides is 1. The highest BCUT2D eigenvalue weighted by atomic mass is 16.5. The summed E-state index contributed by atoms with van der Waals surface area (Å²) in [5, 5.41) is 8.40. The highest BCUT2D eigenvalue weighted by molar-refractivity contribution is 5.94. The van der Waals surface area contributed by atoms with Gasteiger partial charge in [0.2, 0.25) is 5.88 Å². The number of nitrogens with one attached hydrogen (secondary N) is 1. The maximum absolute atomic E-state index is 12.2. The number of nitrogens with zero attached hydrogens (tertiary/aromatic N) is 3. The number of imidazole rings is 1. The van der Waals surface area contributed by atoms with Gasteiger partial charge in [-0.3, -0.25) is 4.79 Å². The Morgan fingerprint density at radius 3 is 2.87 bits per heavy atom. The molecule has 0 spiro atoms. The molecule has 0 aliphatic rings. The van der Waals surface area contributed by atoms with E-state index in [1.54, 1.807) is 22.8 Å². The van der Waals surface area contributed by atoms with Gasteiger partial charge in [0.1, 0.15) is 17.9 Å². The second kappa shape index (κ2) is 7.95. The Labute approximate surface area is 178 Å². The quantitative estimate of drug-likeness (QED) is 0.422. The molecule has 0 fully saturated rings. The van der Waals surface area contributed by atoms with Crippen LogP contribution < -0.4 is 10.1 Å². The number of fused-ring (bicyclic) bond motifs is 2. The maximum Gasteiger partial charge on any atom is 0.251 e. The van der Waals surface area contributed by atoms with Gasteiger partial charge in [-0.2, -0.15) is 0 Å². The minimum Gasteiger partial charge on any atom is -0.475 e. The first kappa shape index (κ1) is 18.9. The molecule has 0 bridgehead atoms. The Kier molecular flexibility index (Phi) is 4.84. The number of furan rings is 1. The van der Waals surface area contributed by atoms with Gasteiger partial charge in [0.25, 0.3) is 5.91 Å². The van der Waals surface area contributed by atoms with Crippen LogP contribution >= 0.6 is 0 Å². The number of para-hydroxylation sites is 1. The van der Waals surface area contributed by atoms with E-state index in [2.05, 4.69) is 15.4 Å². The minimum absolute atomic E-state index is 0.127. The third kappa shape index (κ3) is 3.85. The zero-order valence-corrected chi connectivity index (χ0v) is 16.9. The number of aromatic nitrogens is 3. The second-order valence-corrected chi connectivity index (χ2v) is 7.21. The lowest BCUT2D eigenvalue weighted by atomic mass is 10.1. The summed E-state index contributed by atoms with van der Waals surface area (Å²) in [6.45, 7) is 2.62. The Balaban J connectivity index is 1.28. The lowest BCUT2D eigenvalue weighted by Gasteiger charge is -2.08. The summed E-state index contributed by atoms with van der Waals surface area (Å²) >= 11 is 0. The fraction of sp³-hybridized carbons (Fsp3) is 0.125. The fourth-order valence-corrected chi connectivity index (χ4v) is 3.42. The Morgan fingerprint density at radius 1 is 1.10 bits per heavy atom. The van der Waals surface area contributed by atoms with E-state index in [0.717, 1.165) is 22.2 Å². The first-order valence-corrected chi connectivity index (χ1v) is 9.99. The second-order valence-electron chi connectivity index (χ2n) is 7.21. The van der Waals surface area contributed by atoms with Crippen LogP contribution in [0, 0.1) is 6.92 Å². The predicted molar refractivity (Wildman–Crippen MR) is 117 cm³/mol. The molecule has 1 amide bonds. The van der Waals surface area contributed by atoms with Gasteiger partial charge >= 0.3 is 0 Å². The summed E-state index contributed by atoms with van der Waals surface area (Å²) in [5.41, 5.74) is 3.92. The Hall–Kier alpha value is -4.13. The van der Waals surface area contributed by atoms with Gasteiger partial charge in [-0.1, -0.05) is 35.9 Å². The van der Waals surface area contributed by atoms with E-state index in [1.165, 1.54) is 0 Å². The van der Waals surface area contributed by atoms with Crippen LogP contribution in [0.4, 0.5) is 0 Å². The van der Waals surface area contributed by atoms with Crippen LogP contribution in [0.5, 0.6) is 5.88 Å². The number of carbonyl (C=O) groups is 1. The van der Waals surface area contributed by atoms with Gasteiger partial charge in [-0.15, -0.1) is 5.10 Å². The average molecular weight is 412 g/mol. The molecule has 1 N–H and O–H groups in total. The monoisotopic (exact) mass is 412 g/mol. The molecule has 154 valence electrons. The van der Waals surface area contributed by atoms with Crippen molar-refractivity contribution >= 4 is 22.5 Å². The van der Waals surface area contributed by atoms with E-state index in [-0.39, 0.29) is 5.91 Å². The predicted octanol–water partition coefficient (Wildman–Crippen LogP) is 4.26. The van der Waals surface area contributed by atoms with Gasteiger partial charge < -0.3 is 14.5 Å². The van der Waals surface area contributed by atoms with Gasteiger partial charge in [0.15, 0.2) is 11.4 Å². The number of hydrogen-bond acceptors (Lipinski definition) is 5. The molecule has 3 heterocycles. The zero-order chi connectivity index (χ0) is 21.2. The van der Waals surface area contributed by atoms with Crippen molar-refractivity contribution in [2.45, 2.75) is 6.92 Å². The van der Waals surface area contributed by atoms with Crippen LogP contribution in [-0.4, -0.2) is 33.7 Å².